The van der Waals surface area contributed by atoms with Crippen molar-refractivity contribution in [3.63, 3.8) is 0 Å². The Labute approximate surface area is 180 Å². The monoisotopic (exact) mass is 426 g/mol. The molecule has 0 bridgehead atoms. The summed E-state index contributed by atoms with van der Waals surface area (Å²) in [6.07, 6.45) is 1.94. The van der Waals surface area contributed by atoms with Crippen molar-refractivity contribution < 1.29 is 14.3 Å². The molecule has 0 spiro atoms. The lowest BCUT2D eigenvalue weighted by Gasteiger charge is -2.24. The molecular weight excluding hydrogens is 400 g/mol. The van der Waals surface area contributed by atoms with Crippen LogP contribution >= 0.6 is 11.3 Å². The van der Waals surface area contributed by atoms with Gasteiger partial charge in [-0.05, 0) is 50.8 Å². The largest absolute Gasteiger partial charge is 0.486 e. The van der Waals surface area contributed by atoms with Crippen molar-refractivity contribution in [1.29, 1.82) is 0 Å². The van der Waals surface area contributed by atoms with E-state index in [1.54, 1.807) is 22.6 Å². The van der Waals surface area contributed by atoms with E-state index in [-0.39, 0.29) is 12.2 Å². The summed E-state index contributed by atoms with van der Waals surface area (Å²) in [7, 11) is 0. The van der Waals surface area contributed by atoms with Gasteiger partial charge in [0.2, 0.25) is 0 Å². The van der Waals surface area contributed by atoms with E-state index in [4.69, 9.17) is 9.47 Å². The number of fused-ring (bicyclic) bond motifs is 1. The Morgan fingerprint density at radius 3 is 2.87 bits per heavy atom. The summed E-state index contributed by atoms with van der Waals surface area (Å²) < 4.78 is 11.7. The van der Waals surface area contributed by atoms with Gasteiger partial charge in [-0.3, -0.25) is 0 Å². The molecule has 8 heteroatoms. The SMILES string of the molecule is Cc1csc2ncnc(Nc3ccccc3OC3CCN(C(=O)OC(C)(C)C)C3)c12. The molecule has 1 aliphatic heterocycles. The summed E-state index contributed by atoms with van der Waals surface area (Å²) in [5.41, 5.74) is 1.47. The zero-order chi connectivity index (χ0) is 21.3. The lowest BCUT2D eigenvalue weighted by molar-refractivity contribution is 0.0276. The van der Waals surface area contributed by atoms with E-state index < -0.39 is 5.60 Å². The smallest absolute Gasteiger partial charge is 0.410 e. The molecule has 2 aromatic heterocycles. The second-order valence-corrected chi connectivity index (χ2v) is 9.26. The van der Waals surface area contributed by atoms with Gasteiger partial charge < -0.3 is 19.7 Å². The number of carbonyl (C=O) groups is 1. The van der Waals surface area contributed by atoms with Crippen LogP contribution in [0.3, 0.4) is 0 Å². The molecule has 1 atom stereocenters. The zero-order valence-corrected chi connectivity index (χ0v) is 18.5. The van der Waals surface area contributed by atoms with Crippen LogP contribution in [0.15, 0.2) is 36.0 Å². The minimum absolute atomic E-state index is 0.0891. The predicted octanol–water partition coefficient (Wildman–Crippen LogP) is 5.13. The number of rotatable bonds is 4. The molecule has 1 saturated heterocycles. The molecule has 158 valence electrons. The first-order valence-corrected chi connectivity index (χ1v) is 10.9. The summed E-state index contributed by atoms with van der Waals surface area (Å²) >= 11 is 1.60. The van der Waals surface area contributed by atoms with Crippen LogP contribution in [0.25, 0.3) is 10.2 Å². The number of aryl methyl sites for hydroxylation is 1. The number of anilines is 2. The number of likely N-dealkylation sites (tertiary alicyclic amines) is 1. The molecule has 1 fully saturated rings. The number of thiophene rings is 1. The first-order valence-electron chi connectivity index (χ1n) is 9.99. The fourth-order valence-electron chi connectivity index (χ4n) is 3.41. The van der Waals surface area contributed by atoms with E-state index in [0.29, 0.717) is 13.1 Å². The summed E-state index contributed by atoms with van der Waals surface area (Å²) in [5.74, 6) is 1.49. The number of nitrogens with zero attached hydrogens (tertiary/aromatic N) is 3. The number of nitrogens with one attached hydrogen (secondary N) is 1. The van der Waals surface area contributed by atoms with Crippen LogP contribution in [0.2, 0.25) is 0 Å². The number of hydrogen-bond acceptors (Lipinski definition) is 7. The van der Waals surface area contributed by atoms with E-state index >= 15 is 0 Å². The van der Waals surface area contributed by atoms with Crippen molar-refractivity contribution in [3.8, 4) is 5.75 Å². The Morgan fingerprint density at radius 2 is 2.07 bits per heavy atom. The van der Waals surface area contributed by atoms with Gasteiger partial charge >= 0.3 is 6.09 Å². The number of amides is 1. The van der Waals surface area contributed by atoms with Gasteiger partial charge in [0.05, 0.1) is 17.6 Å². The molecule has 1 unspecified atom stereocenters. The molecular formula is C22H26N4O3S. The van der Waals surface area contributed by atoms with Gasteiger partial charge in [0, 0.05) is 13.0 Å². The van der Waals surface area contributed by atoms with Crippen LogP contribution in [-0.2, 0) is 4.74 Å². The van der Waals surface area contributed by atoms with Crippen LogP contribution in [0.5, 0.6) is 5.75 Å². The Morgan fingerprint density at radius 1 is 1.27 bits per heavy atom. The maximum Gasteiger partial charge on any atom is 0.410 e. The van der Waals surface area contributed by atoms with Gasteiger partial charge in [0.25, 0.3) is 0 Å². The molecule has 30 heavy (non-hydrogen) atoms. The van der Waals surface area contributed by atoms with E-state index in [1.165, 1.54) is 0 Å². The minimum atomic E-state index is -0.505. The number of carbonyl (C=O) groups excluding carboxylic acids is 1. The lowest BCUT2D eigenvalue weighted by Crippen LogP contribution is -2.36. The number of para-hydroxylation sites is 2. The average molecular weight is 427 g/mol. The van der Waals surface area contributed by atoms with Crippen molar-refractivity contribution in [3.05, 3.63) is 41.5 Å². The number of aromatic nitrogens is 2. The van der Waals surface area contributed by atoms with Crippen molar-refractivity contribution in [1.82, 2.24) is 14.9 Å². The lowest BCUT2D eigenvalue weighted by atomic mass is 10.2. The van der Waals surface area contributed by atoms with Crippen LogP contribution in [0, 0.1) is 6.92 Å². The molecule has 3 heterocycles. The van der Waals surface area contributed by atoms with Gasteiger partial charge in [-0.2, -0.15) is 0 Å². The van der Waals surface area contributed by atoms with E-state index in [9.17, 15) is 4.79 Å². The van der Waals surface area contributed by atoms with Crippen molar-refractivity contribution in [2.75, 3.05) is 18.4 Å². The highest BCUT2D eigenvalue weighted by Crippen LogP contribution is 2.34. The molecule has 7 nitrogen and oxygen atoms in total. The highest BCUT2D eigenvalue weighted by molar-refractivity contribution is 7.17. The molecule has 1 N–H and O–H groups in total. The van der Waals surface area contributed by atoms with Gasteiger partial charge in [0.15, 0.2) is 0 Å². The normalized spacial score (nSPS) is 16.7. The fraction of sp³-hybridized carbons (Fsp3) is 0.409. The maximum atomic E-state index is 12.3. The first kappa shape index (κ1) is 20.4. The standard InChI is InChI=1S/C22H26N4O3S/c1-14-12-30-20-18(14)19(23-13-24-20)25-16-7-5-6-8-17(16)28-15-9-10-26(11-15)21(27)29-22(2,3)4/h5-8,12-13,15H,9-11H2,1-4H3,(H,23,24,25). The topological polar surface area (TPSA) is 76.6 Å². The van der Waals surface area contributed by atoms with E-state index in [1.807, 2.05) is 45.0 Å². The van der Waals surface area contributed by atoms with Crippen LogP contribution in [-0.4, -0.2) is 45.8 Å². The Balaban J connectivity index is 1.48. The summed E-state index contributed by atoms with van der Waals surface area (Å²) in [4.78, 5) is 23.8. The molecule has 1 amide bonds. The van der Waals surface area contributed by atoms with Gasteiger partial charge in [-0.25, -0.2) is 14.8 Å². The molecule has 4 rings (SSSR count). The van der Waals surface area contributed by atoms with Crippen LogP contribution in [0.1, 0.15) is 32.8 Å². The van der Waals surface area contributed by atoms with Crippen molar-refractivity contribution >= 4 is 39.2 Å². The number of ether oxygens (including phenoxy) is 2. The third-order valence-corrected chi connectivity index (χ3v) is 5.79. The van der Waals surface area contributed by atoms with Gasteiger partial charge in [0.1, 0.15) is 34.4 Å². The Hall–Kier alpha value is -2.87. The van der Waals surface area contributed by atoms with Crippen molar-refractivity contribution in [2.45, 2.75) is 45.8 Å². The fourth-order valence-corrected chi connectivity index (χ4v) is 4.30. The number of benzene rings is 1. The third-order valence-electron chi connectivity index (χ3n) is 4.78. The van der Waals surface area contributed by atoms with Gasteiger partial charge in [-0.15, -0.1) is 11.3 Å². The molecule has 3 aromatic rings. The van der Waals surface area contributed by atoms with Crippen LogP contribution in [0.4, 0.5) is 16.3 Å². The summed E-state index contributed by atoms with van der Waals surface area (Å²) in [5, 5.41) is 6.51. The third kappa shape index (κ3) is 4.48. The summed E-state index contributed by atoms with van der Waals surface area (Å²) in [6, 6.07) is 7.78. The molecule has 0 radical (unpaired) electrons. The second kappa shape index (κ2) is 8.10. The van der Waals surface area contributed by atoms with E-state index in [0.717, 1.165) is 39.5 Å². The molecule has 0 aliphatic carbocycles. The molecule has 1 aliphatic rings. The zero-order valence-electron chi connectivity index (χ0n) is 17.6. The highest BCUT2D eigenvalue weighted by Gasteiger charge is 2.31. The van der Waals surface area contributed by atoms with E-state index in [2.05, 4.69) is 27.6 Å². The first-order chi connectivity index (χ1) is 14.3. The predicted molar refractivity (Wildman–Crippen MR) is 119 cm³/mol. The number of hydrogen-bond donors (Lipinski definition) is 1. The second-order valence-electron chi connectivity index (χ2n) is 8.40. The summed E-state index contributed by atoms with van der Waals surface area (Å²) in [6.45, 7) is 8.79. The molecule has 0 saturated carbocycles. The maximum absolute atomic E-state index is 12.3. The van der Waals surface area contributed by atoms with Crippen LogP contribution < -0.4 is 10.1 Å². The quantitative estimate of drug-likeness (QED) is 0.623. The average Bonchev–Trinajstić information content (AvgIpc) is 3.30. The Bertz CT molecular complexity index is 1060. The van der Waals surface area contributed by atoms with Crippen molar-refractivity contribution in [2.24, 2.45) is 0 Å². The minimum Gasteiger partial charge on any atom is -0.486 e. The molecule has 1 aromatic carbocycles. The Kier molecular flexibility index (Phi) is 5.51. The highest BCUT2D eigenvalue weighted by atomic mass is 32.1. The van der Waals surface area contributed by atoms with Gasteiger partial charge in [-0.1, -0.05) is 12.1 Å².